The number of rotatable bonds is 9. The van der Waals surface area contributed by atoms with Crippen LogP contribution in [0.4, 0.5) is 8.78 Å². The predicted molar refractivity (Wildman–Crippen MR) is 121 cm³/mol. The number of nitrogens with one attached hydrogen (secondary N) is 2. The van der Waals surface area contributed by atoms with Crippen LogP contribution < -0.4 is 20.1 Å². The molecule has 2 aromatic carbocycles. The SMILES string of the molecule is O=C(COc1ccc(Cl)c(Cl)c1)NC1(C(=O)NCc2ccc(OC(F)F)cc2)CCCCC1. The Labute approximate surface area is 200 Å². The van der Waals surface area contributed by atoms with Crippen molar-refractivity contribution in [2.24, 2.45) is 0 Å². The number of hydrogen-bond donors (Lipinski definition) is 2. The summed E-state index contributed by atoms with van der Waals surface area (Å²) in [5.74, 6) is -0.288. The van der Waals surface area contributed by atoms with Gasteiger partial charge in [-0.2, -0.15) is 8.78 Å². The molecular formula is C23H24Cl2F2N2O4. The van der Waals surface area contributed by atoms with Crippen molar-refractivity contribution >= 4 is 35.0 Å². The lowest BCUT2D eigenvalue weighted by Crippen LogP contribution is -2.60. The second-order valence-electron chi connectivity index (χ2n) is 7.76. The zero-order valence-electron chi connectivity index (χ0n) is 17.7. The summed E-state index contributed by atoms with van der Waals surface area (Å²) < 4.78 is 34.4. The standard InChI is InChI=1S/C23H24Cl2F2N2O4/c24-18-9-8-17(12-19(18)25)32-14-20(30)29-23(10-2-1-3-11-23)21(31)28-13-15-4-6-16(7-5-15)33-22(26)27/h4-9,12,22H,1-3,10-11,13-14H2,(H,28,31)(H,29,30). The molecule has 2 N–H and O–H groups in total. The van der Waals surface area contributed by atoms with Gasteiger partial charge in [-0.3, -0.25) is 9.59 Å². The molecule has 0 atom stereocenters. The molecule has 1 saturated carbocycles. The molecule has 0 bridgehead atoms. The Balaban J connectivity index is 1.58. The van der Waals surface area contributed by atoms with Gasteiger partial charge in [0, 0.05) is 12.6 Å². The second kappa shape index (κ2) is 11.5. The first kappa shape index (κ1) is 25.1. The van der Waals surface area contributed by atoms with Gasteiger partial charge in [0.25, 0.3) is 5.91 Å². The van der Waals surface area contributed by atoms with E-state index in [1.54, 1.807) is 24.3 Å². The van der Waals surface area contributed by atoms with E-state index < -0.39 is 18.1 Å². The quantitative estimate of drug-likeness (QED) is 0.501. The van der Waals surface area contributed by atoms with E-state index >= 15 is 0 Å². The molecule has 0 aliphatic heterocycles. The topological polar surface area (TPSA) is 76.7 Å². The molecule has 1 aliphatic rings. The van der Waals surface area contributed by atoms with E-state index in [9.17, 15) is 18.4 Å². The Bertz CT molecular complexity index is 967. The molecular weight excluding hydrogens is 477 g/mol. The van der Waals surface area contributed by atoms with Gasteiger partial charge in [-0.25, -0.2) is 0 Å². The third kappa shape index (κ3) is 7.20. The maximum atomic E-state index is 13.1. The van der Waals surface area contributed by atoms with Crippen LogP contribution in [0.1, 0.15) is 37.7 Å². The van der Waals surface area contributed by atoms with Crippen molar-refractivity contribution in [1.82, 2.24) is 10.6 Å². The van der Waals surface area contributed by atoms with Gasteiger partial charge in [-0.15, -0.1) is 0 Å². The maximum absolute atomic E-state index is 13.1. The van der Waals surface area contributed by atoms with Crippen LogP contribution in [0.15, 0.2) is 42.5 Å². The molecule has 2 aromatic rings. The number of halogens is 4. The summed E-state index contributed by atoms with van der Waals surface area (Å²) in [7, 11) is 0. The molecule has 0 unspecified atom stereocenters. The van der Waals surface area contributed by atoms with E-state index in [1.165, 1.54) is 18.2 Å². The fraction of sp³-hybridized carbons (Fsp3) is 0.391. The lowest BCUT2D eigenvalue weighted by Gasteiger charge is -2.36. The molecule has 0 heterocycles. The highest BCUT2D eigenvalue weighted by atomic mass is 35.5. The van der Waals surface area contributed by atoms with Gasteiger partial charge < -0.3 is 20.1 Å². The molecule has 10 heteroatoms. The van der Waals surface area contributed by atoms with Gasteiger partial charge in [-0.1, -0.05) is 54.6 Å². The highest BCUT2D eigenvalue weighted by molar-refractivity contribution is 6.42. The van der Waals surface area contributed by atoms with Crippen LogP contribution in [0.25, 0.3) is 0 Å². The predicted octanol–water partition coefficient (Wildman–Crippen LogP) is 5.11. The first-order valence-corrected chi connectivity index (χ1v) is 11.2. The van der Waals surface area contributed by atoms with Crippen molar-refractivity contribution in [3.8, 4) is 11.5 Å². The van der Waals surface area contributed by atoms with Crippen molar-refractivity contribution in [3.05, 3.63) is 58.1 Å². The second-order valence-corrected chi connectivity index (χ2v) is 8.58. The van der Waals surface area contributed by atoms with E-state index in [0.717, 1.165) is 19.3 Å². The van der Waals surface area contributed by atoms with Gasteiger partial charge in [0.2, 0.25) is 5.91 Å². The number of carbonyl (C=O) groups is 2. The summed E-state index contributed by atoms with van der Waals surface area (Å²) in [4.78, 5) is 25.7. The van der Waals surface area contributed by atoms with Gasteiger partial charge >= 0.3 is 6.61 Å². The number of amides is 2. The molecule has 0 aromatic heterocycles. The molecule has 0 saturated heterocycles. The van der Waals surface area contributed by atoms with E-state index in [2.05, 4.69) is 15.4 Å². The highest BCUT2D eigenvalue weighted by Crippen LogP contribution is 2.29. The molecule has 33 heavy (non-hydrogen) atoms. The normalized spacial score (nSPS) is 15.1. The summed E-state index contributed by atoms with van der Waals surface area (Å²) in [5.41, 5.74) is -0.320. The molecule has 2 amide bonds. The Morgan fingerprint density at radius 2 is 1.64 bits per heavy atom. The smallest absolute Gasteiger partial charge is 0.387 e. The number of alkyl halides is 2. The first-order valence-electron chi connectivity index (χ1n) is 10.5. The fourth-order valence-corrected chi connectivity index (χ4v) is 4.01. The monoisotopic (exact) mass is 500 g/mol. The van der Waals surface area contributed by atoms with Gasteiger partial charge in [0.1, 0.15) is 17.0 Å². The first-order chi connectivity index (χ1) is 15.8. The van der Waals surface area contributed by atoms with Crippen molar-refractivity contribution in [2.45, 2.75) is 50.8 Å². The average Bonchev–Trinajstić information content (AvgIpc) is 2.79. The summed E-state index contributed by atoms with van der Waals surface area (Å²) >= 11 is 11.8. The lowest BCUT2D eigenvalue weighted by molar-refractivity contribution is -0.136. The Morgan fingerprint density at radius 1 is 0.970 bits per heavy atom. The van der Waals surface area contributed by atoms with E-state index in [-0.39, 0.29) is 24.8 Å². The lowest BCUT2D eigenvalue weighted by atomic mass is 9.80. The largest absolute Gasteiger partial charge is 0.484 e. The van der Waals surface area contributed by atoms with Crippen molar-refractivity contribution in [1.29, 1.82) is 0 Å². The van der Waals surface area contributed by atoms with Gasteiger partial charge in [0.15, 0.2) is 6.61 Å². The van der Waals surface area contributed by atoms with Crippen molar-refractivity contribution < 1.29 is 27.8 Å². The van der Waals surface area contributed by atoms with E-state index in [4.69, 9.17) is 27.9 Å². The third-order valence-electron chi connectivity index (χ3n) is 5.38. The Hall–Kier alpha value is -2.58. The Morgan fingerprint density at radius 3 is 2.27 bits per heavy atom. The fourth-order valence-electron chi connectivity index (χ4n) is 3.72. The van der Waals surface area contributed by atoms with Crippen LogP contribution in [-0.4, -0.2) is 30.6 Å². The molecule has 0 spiro atoms. The van der Waals surface area contributed by atoms with Crippen LogP contribution in [0, 0.1) is 0 Å². The molecule has 1 aliphatic carbocycles. The zero-order valence-corrected chi connectivity index (χ0v) is 19.2. The number of hydrogen-bond acceptors (Lipinski definition) is 4. The number of ether oxygens (including phenoxy) is 2. The van der Waals surface area contributed by atoms with Crippen LogP contribution in [0.3, 0.4) is 0 Å². The van der Waals surface area contributed by atoms with E-state index in [1.807, 2.05) is 0 Å². The summed E-state index contributed by atoms with van der Waals surface area (Å²) in [6, 6.07) is 10.7. The molecule has 1 fully saturated rings. The third-order valence-corrected chi connectivity index (χ3v) is 6.12. The number of benzene rings is 2. The van der Waals surface area contributed by atoms with Crippen molar-refractivity contribution in [3.63, 3.8) is 0 Å². The van der Waals surface area contributed by atoms with E-state index in [0.29, 0.717) is 34.2 Å². The van der Waals surface area contributed by atoms with Crippen LogP contribution >= 0.6 is 23.2 Å². The van der Waals surface area contributed by atoms with Crippen LogP contribution in [-0.2, 0) is 16.1 Å². The molecule has 3 rings (SSSR count). The van der Waals surface area contributed by atoms with Gasteiger partial charge in [-0.05, 0) is 42.7 Å². The van der Waals surface area contributed by atoms with Crippen molar-refractivity contribution in [2.75, 3.05) is 6.61 Å². The van der Waals surface area contributed by atoms with Crippen LogP contribution in [0.2, 0.25) is 10.0 Å². The minimum atomic E-state index is -2.90. The molecule has 6 nitrogen and oxygen atoms in total. The maximum Gasteiger partial charge on any atom is 0.387 e. The van der Waals surface area contributed by atoms with Gasteiger partial charge in [0.05, 0.1) is 10.0 Å². The zero-order chi connectivity index (χ0) is 23.8. The Kier molecular flexibility index (Phi) is 8.74. The summed E-state index contributed by atoms with van der Waals surface area (Å²) in [6.45, 7) is -2.99. The number of carbonyl (C=O) groups excluding carboxylic acids is 2. The molecule has 178 valence electrons. The summed E-state index contributed by atoms with van der Waals surface area (Å²) in [5, 5.41) is 6.39. The highest BCUT2D eigenvalue weighted by Gasteiger charge is 2.40. The minimum Gasteiger partial charge on any atom is -0.484 e. The minimum absolute atomic E-state index is 0.0399. The van der Waals surface area contributed by atoms with Crippen LogP contribution in [0.5, 0.6) is 11.5 Å². The summed E-state index contributed by atoms with van der Waals surface area (Å²) in [6.07, 6.45) is 3.62. The molecule has 0 radical (unpaired) electrons. The average molecular weight is 501 g/mol.